The lowest BCUT2D eigenvalue weighted by molar-refractivity contribution is -0.135. The molecule has 0 spiro atoms. The molecule has 2 aliphatic rings. The van der Waals surface area contributed by atoms with Crippen LogP contribution in [0.4, 0.5) is 0 Å². The lowest BCUT2D eigenvalue weighted by Gasteiger charge is -2.39. The van der Waals surface area contributed by atoms with E-state index in [4.69, 9.17) is 4.99 Å². The van der Waals surface area contributed by atoms with Crippen molar-refractivity contribution in [3.63, 3.8) is 0 Å². The number of guanidine groups is 1. The summed E-state index contributed by atoms with van der Waals surface area (Å²) in [5, 5.41) is 11.9. The SMILES string of the molecule is CCCCNC(=NCc1nnc(C)n1C)N1CCN(CC(=O)N2CC(C)CC(C)C2)CC1. The van der Waals surface area contributed by atoms with Crippen molar-refractivity contribution in [1.29, 1.82) is 0 Å². The van der Waals surface area contributed by atoms with Crippen LogP contribution in [0.15, 0.2) is 4.99 Å². The molecule has 0 aliphatic carbocycles. The van der Waals surface area contributed by atoms with Crippen LogP contribution in [0, 0.1) is 18.8 Å². The summed E-state index contributed by atoms with van der Waals surface area (Å²) in [4.78, 5) is 24.4. The Bertz CT molecular complexity index is 758. The second-order valence-electron chi connectivity index (χ2n) is 9.65. The number of amides is 1. The van der Waals surface area contributed by atoms with Crippen molar-refractivity contribution in [2.24, 2.45) is 23.9 Å². The van der Waals surface area contributed by atoms with Gasteiger partial charge in [-0.3, -0.25) is 9.69 Å². The van der Waals surface area contributed by atoms with Crippen LogP contribution in [0.2, 0.25) is 0 Å². The molecule has 2 fully saturated rings. The lowest BCUT2D eigenvalue weighted by atomic mass is 9.92. The van der Waals surface area contributed by atoms with Crippen molar-refractivity contribution in [1.82, 2.24) is 34.8 Å². The Morgan fingerprint density at radius 3 is 2.38 bits per heavy atom. The first-order valence-corrected chi connectivity index (χ1v) is 12.3. The maximum atomic E-state index is 12.9. The number of hydrogen-bond acceptors (Lipinski definition) is 5. The van der Waals surface area contributed by atoms with Crippen molar-refractivity contribution in [3.8, 4) is 0 Å². The van der Waals surface area contributed by atoms with E-state index in [1.54, 1.807) is 0 Å². The van der Waals surface area contributed by atoms with Gasteiger partial charge in [0.15, 0.2) is 11.8 Å². The van der Waals surface area contributed by atoms with Crippen molar-refractivity contribution < 1.29 is 4.79 Å². The highest BCUT2D eigenvalue weighted by Crippen LogP contribution is 2.21. The summed E-state index contributed by atoms with van der Waals surface area (Å²) in [5.74, 6) is 4.18. The van der Waals surface area contributed by atoms with Gasteiger partial charge in [0.1, 0.15) is 12.4 Å². The normalized spacial score (nSPS) is 23.0. The molecule has 2 aliphatic heterocycles. The Morgan fingerprint density at radius 2 is 1.78 bits per heavy atom. The van der Waals surface area contributed by atoms with Crippen LogP contribution >= 0.6 is 0 Å². The fourth-order valence-electron chi connectivity index (χ4n) is 4.65. The number of carbonyl (C=O) groups is 1. The molecular weight excluding hydrogens is 404 g/mol. The smallest absolute Gasteiger partial charge is 0.236 e. The third-order valence-electron chi connectivity index (χ3n) is 6.62. The molecule has 1 amide bonds. The van der Waals surface area contributed by atoms with E-state index in [9.17, 15) is 4.79 Å². The average molecular weight is 447 g/mol. The number of piperidine rings is 1. The van der Waals surface area contributed by atoms with Gasteiger partial charge in [0, 0.05) is 52.9 Å². The molecule has 180 valence electrons. The van der Waals surface area contributed by atoms with Crippen molar-refractivity contribution in [2.45, 2.75) is 53.5 Å². The molecule has 1 aromatic rings. The van der Waals surface area contributed by atoms with E-state index in [0.29, 0.717) is 24.9 Å². The Labute approximate surface area is 193 Å². The van der Waals surface area contributed by atoms with Gasteiger partial charge in [-0.15, -0.1) is 10.2 Å². The highest BCUT2D eigenvalue weighted by atomic mass is 16.2. The van der Waals surface area contributed by atoms with Crippen LogP contribution in [0.25, 0.3) is 0 Å². The number of unbranched alkanes of at least 4 members (excludes halogenated alkanes) is 1. The Hall–Kier alpha value is -2.16. The van der Waals surface area contributed by atoms with Crippen molar-refractivity contribution in [2.75, 3.05) is 52.4 Å². The Balaban J connectivity index is 1.54. The molecule has 9 heteroatoms. The summed E-state index contributed by atoms with van der Waals surface area (Å²) in [7, 11) is 1.98. The van der Waals surface area contributed by atoms with E-state index in [1.165, 1.54) is 6.42 Å². The third kappa shape index (κ3) is 6.67. The lowest BCUT2D eigenvalue weighted by Crippen LogP contribution is -2.55. The largest absolute Gasteiger partial charge is 0.356 e. The molecule has 2 unspecified atom stereocenters. The molecule has 1 aromatic heterocycles. The number of nitrogens with one attached hydrogen (secondary N) is 1. The summed E-state index contributed by atoms with van der Waals surface area (Å²) >= 11 is 0. The number of nitrogens with zero attached hydrogens (tertiary/aromatic N) is 7. The second-order valence-corrected chi connectivity index (χ2v) is 9.65. The summed E-state index contributed by atoms with van der Waals surface area (Å²) in [6.07, 6.45) is 3.49. The van der Waals surface area contributed by atoms with E-state index >= 15 is 0 Å². The molecule has 1 N–H and O–H groups in total. The quantitative estimate of drug-likeness (QED) is 0.388. The van der Waals surface area contributed by atoms with Gasteiger partial charge in [-0.2, -0.15) is 0 Å². The van der Waals surface area contributed by atoms with E-state index in [-0.39, 0.29) is 5.91 Å². The van der Waals surface area contributed by atoms with Crippen LogP contribution in [0.5, 0.6) is 0 Å². The molecule has 3 rings (SSSR count). The van der Waals surface area contributed by atoms with Crippen LogP contribution < -0.4 is 5.32 Å². The highest BCUT2D eigenvalue weighted by Gasteiger charge is 2.28. The van der Waals surface area contributed by atoms with Gasteiger partial charge in [0.2, 0.25) is 5.91 Å². The number of carbonyl (C=O) groups excluding carboxylic acids is 1. The zero-order chi connectivity index (χ0) is 23.1. The van der Waals surface area contributed by atoms with Crippen molar-refractivity contribution in [3.05, 3.63) is 11.6 Å². The van der Waals surface area contributed by atoms with Gasteiger partial charge in [-0.05, 0) is 31.6 Å². The minimum atomic E-state index is 0.282. The van der Waals surface area contributed by atoms with Crippen LogP contribution in [0.1, 0.15) is 51.7 Å². The summed E-state index contributed by atoms with van der Waals surface area (Å²) in [5.41, 5.74) is 0. The van der Waals surface area contributed by atoms with Crippen molar-refractivity contribution >= 4 is 11.9 Å². The van der Waals surface area contributed by atoms with Crippen LogP contribution in [-0.4, -0.2) is 93.7 Å². The number of hydrogen-bond donors (Lipinski definition) is 1. The standard InChI is InChI=1S/C23H42N8O/c1-6-7-8-24-23(25-14-21-27-26-20(4)28(21)5)30-11-9-29(10-12-30)17-22(32)31-15-18(2)13-19(3)16-31/h18-19H,6-17H2,1-5H3,(H,24,25). The summed E-state index contributed by atoms with van der Waals surface area (Å²) < 4.78 is 1.99. The van der Waals surface area contributed by atoms with E-state index in [2.05, 4.69) is 51.0 Å². The summed E-state index contributed by atoms with van der Waals surface area (Å²) in [6.45, 7) is 15.9. The maximum absolute atomic E-state index is 12.9. The van der Waals surface area contributed by atoms with Gasteiger partial charge in [0.05, 0.1) is 6.54 Å². The van der Waals surface area contributed by atoms with Gasteiger partial charge in [0.25, 0.3) is 0 Å². The number of rotatable bonds is 7. The fraction of sp³-hybridized carbons (Fsp3) is 0.826. The van der Waals surface area contributed by atoms with Crippen LogP contribution in [-0.2, 0) is 18.4 Å². The minimum absolute atomic E-state index is 0.282. The molecule has 0 radical (unpaired) electrons. The first-order chi connectivity index (χ1) is 15.4. The number of aliphatic imine (C=N–C) groups is 1. The first-order valence-electron chi connectivity index (χ1n) is 12.3. The average Bonchev–Trinajstić information content (AvgIpc) is 3.08. The van der Waals surface area contributed by atoms with Gasteiger partial charge in [-0.25, -0.2) is 4.99 Å². The van der Waals surface area contributed by atoms with E-state index in [0.717, 1.165) is 76.3 Å². The number of piperazine rings is 1. The van der Waals surface area contributed by atoms with Crippen LogP contribution in [0.3, 0.4) is 0 Å². The van der Waals surface area contributed by atoms with E-state index < -0.39 is 0 Å². The fourth-order valence-corrected chi connectivity index (χ4v) is 4.65. The predicted octanol–water partition coefficient (Wildman–Crippen LogP) is 1.49. The molecular formula is C23H42N8O. The molecule has 0 aromatic carbocycles. The van der Waals surface area contributed by atoms with Gasteiger partial charge in [-0.1, -0.05) is 27.2 Å². The minimum Gasteiger partial charge on any atom is -0.356 e. The third-order valence-corrected chi connectivity index (χ3v) is 6.62. The van der Waals surface area contributed by atoms with E-state index in [1.807, 2.05) is 18.5 Å². The molecule has 3 heterocycles. The number of aromatic nitrogens is 3. The molecule has 32 heavy (non-hydrogen) atoms. The zero-order valence-corrected chi connectivity index (χ0v) is 20.7. The topological polar surface area (TPSA) is 81.9 Å². The number of likely N-dealkylation sites (tertiary alicyclic amines) is 1. The molecule has 9 nitrogen and oxygen atoms in total. The Morgan fingerprint density at radius 1 is 1.09 bits per heavy atom. The molecule has 2 atom stereocenters. The maximum Gasteiger partial charge on any atom is 0.236 e. The second kappa shape index (κ2) is 11.6. The first kappa shape index (κ1) is 24.5. The molecule has 0 saturated carbocycles. The predicted molar refractivity (Wildman–Crippen MR) is 127 cm³/mol. The highest BCUT2D eigenvalue weighted by molar-refractivity contribution is 5.80. The Kier molecular flexibility index (Phi) is 8.90. The zero-order valence-electron chi connectivity index (χ0n) is 20.7. The van der Waals surface area contributed by atoms with Gasteiger partial charge < -0.3 is 19.7 Å². The number of aryl methyl sites for hydroxylation is 1. The monoisotopic (exact) mass is 446 g/mol. The molecule has 0 bridgehead atoms. The molecule has 2 saturated heterocycles. The van der Waals surface area contributed by atoms with Gasteiger partial charge >= 0.3 is 0 Å². The summed E-state index contributed by atoms with van der Waals surface area (Å²) in [6, 6.07) is 0.